The van der Waals surface area contributed by atoms with Crippen LogP contribution in [-0.2, 0) is 19.4 Å². The van der Waals surface area contributed by atoms with E-state index in [1.807, 2.05) is 60.7 Å². The van der Waals surface area contributed by atoms with Gasteiger partial charge in [-0.05, 0) is 91.9 Å². The predicted molar refractivity (Wildman–Crippen MR) is 186 cm³/mol. The van der Waals surface area contributed by atoms with Gasteiger partial charge in [-0.25, -0.2) is 0 Å². The van der Waals surface area contributed by atoms with E-state index in [2.05, 4.69) is 20.5 Å². The fraction of sp³-hybridized carbons (Fsp3) is 0.205. The number of hydrogen-bond donors (Lipinski definition) is 2. The number of rotatable bonds is 10. The second kappa shape index (κ2) is 14.0. The van der Waals surface area contributed by atoms with E-state index in [9.17, 15) is 19.2 Å². The number of nitrogens with one attached hydrogen (secondary N) is 2. The van der Waals surface area contributed by atoms with Gasteiger partial charge in [0.05, 0.1) is 29.4 Å². The molecule has 0 saturated carbocycles. The van der Waals surface area contributed by atoms with E-state index in [0.29, 0.717) is 33.8 Å². The van der Waals surface area contributed by atoms with Crippen LogP contribution in [0.5, 0.6) is 5.75 Å². The number of carbonyl (C=O) groups excluding carboxylic acids is 4. The summed E-state index contributed by atoms with van der Waals surface area (Å²) in [6.45, 7) is 5.43. The lowest BCUT2D eigenvalue weighted by Crippen LogP contribution is -2.32. The molecule has 1 aromatic heterocycles. The van der Waals surface area contributed by atoms with Gasteiger partial charge in [-0.2, -0.15) is 0 Å². The van der Waals surface area contributed by atoms with E-state index >= 15 is 0 Å². The average molecular weight is 641 g/mol. The van der Waals surface area contributed by atoms with Crippen LogP contribution in [0, 0.1) is 0 Å². The van der Waals surface area contributed by atoms with Gasteiger partial charge in [-0.1, -0.05) is 30.3 Å². The molecule has 2 N–H and O–H groups in total. The first-order valence-corrected chi connectivity index (χ1v) is 15.8. The molecular weight excluding hydrogens is 604 g/mol. The minimum Gasteiger partial charge on any atom is -0.497 e. The molecule has 1 aliphatic heterocycles. The maximum absolute atomic E-state index is 13.4. The van der Waals surface area contributed by atoms with E-state index in [1.165, 1.54) is 27.2 Å². The molecule has 9 nitrogen and oxygen atoms in total. The van der Waals surface area contributed by atoms with Crippen molar-refractivity contribution in [2.24, 2.45) is 0 Å². The maximum Gasteiger partial charge on any atom is 0.257 e. The molecule has 9 heteroatoms. The number of fused-ring (bicyclic) bond motifs is 2. The van der Waals surface area contributed by atoms with Crippen LogP contribution in [0.25, 0.3) is 10.9 Å². The van der Waals surface area contributed by atoms with E-state index in [0.717, 1.165) is 60.1 Å². The number of methoxy groups -OCH3 is 1. The third-order valence-corrected chi connectivity index (χ3v) is 8.69. The van der Waals surface area contributed by atoms with E-state index in [1.54, 1.807) is 24.3 Å². The lowest BCUT2D eigenvalue weighted by atomic mass is 9.90. The summed E-state index contributed by atoms with van der Waals surface area (Å²) in [6, 6.07) is 25.7. The van der Waals surface area contributed by atoms with Crippen molar-refractivity contribution in [3.05, 3.63) is 130 Å². The molecule has 48 heavy (non-hydrogen) atoms. The van der Waals surface area contributed by atoms with Crippen molar-refractivity contribution >= 4 is 45.7 Å². The minimum atomic E-state index is -0.391. The summed E-state index contributed by atoms with van der Waals surface area (Å²) in [6.07, 6.45) is 3.15. The van der Waals surface area contributed by atoms with Crippen molar-refractivity contribution in [1.82, 2.24) is 9.88 Å². The van der Waals surface area contributed by atoms with Crippen LogP contribution in [0.3, 0.4) is 0 Å². The van der Waals surface area contributed by atoms with Gasteiger partial charge in [0, 0.05) is 54.1 Å². The Balaban J connectivity index is 1.09. The zero-order valence-electron chi connectivity index (χ0n) is 27.1. The number of para-hydroxylation sites is 1. The Morgan fingerprint density at radius 1 is 0.792 bits per heavy atom. The van der Waals surface area contributed by atoms with Gasteiger partial charge >= 0.3 is 0 Å². The minimum absolute atomic E-state index is 0.0870. The first kappa shape index (κ1) is 32.3. The molecule has 0 unspecified atom stereocenters. The molecule has 2 amide bonds. The Morgan fingerprint density at radius 2 is 1.52 bits per heavy atom. The molecule has 6 rings (SSSR count). The van der Waals surface area contributed by atoms with Crippen LogP contribution < -0.4 is 15.4 Å². The molecule has 0 spiro atoms. The monoisotopic (exact) mass is 640 g/mol. The molecule has 0 bridgehead atoms. The fourth-order valence-corrected chi connectivity index (χ4v) is 6.02. The summed E-state index contributed by atoms with van der Waals surface area (Å²) >= 11 is 0. The number of ether oxygens (including phenoxy) is 1. The number of Topliss-reactive ketones (excluding diaryl/α,β-unsaturated/α-hetero) is 2. The number of ketones is 2. The highest BCUT2D eigenvalue weighted by Gasteiger charge is 2.22. The number of carbonyl (C=O) groups is 4. The second-order valence-corrected chi connectivity index (χ2v) is 12.0. The highest BCUT2D eigenvalue weighted by molar-refractivity contribution is 6.13. The Hall–Kier alpha value is -5.67. The molecular formula is C39H36N4O5. The number of benzene rings is 4. The average Bonchev–Trinajstić information content (AvgIpc) is 3.10. The zero-order chi connectivity index (χ0) is 33.8. The lowest BCUT2D eigenvalue weighted by molar-refractivity contribution is 0.0980. The van der Waals surface area contributed by atoms with Crippen LogP contribution in [-0.4, -0.2) is 53.5 Å². The maximum atomic E-state index is 13.4. The number of aromatic nitrogens is 1. The van der Waals surface area contributed by atoms with Crippen molar-refractivity contribution < 1.29 is 23.9 Å². The van der Waals surface area contributed by atoms with Crippen molar-refractivity contribution in [1.29, 1.82) is 0 Å². The zero-order valence-corrected chi connectivity index (χ0v) is 27.1. The number of nitrogens with zero attached hydrogens (tertiary/aromatic N) is 2. The lowest BCUT2D eigenvalue weighted by Gasteiger charge is -2.29. The van der Waals surface area contributed by atoms with Crippen LogP contribution in [0.4, 0.5) is 11.4 Å². The SMILES string of the molecule is COc1ccc(C(=O)Nc2ccc(CCN3CCc4cc(C(C)=O)c(C(C)=O)cc4C3)cc2)c(NC(=O)c2cnc3ccccc3c2)c1. The molecule has 0 saturated heterocycles. The molecule has 2 heterocycles. The van der Waals surface area contributed by atoms with Crippen LogP contribution in [0.15, 0.2) is 91.1 Å². The molecule has 0 aliphatic carbocycles. The van der Waals surface area contributed by atoms with Crippen molar-refractivity contribution in [3.8, 4) is 5.75 Å². The summed E-state index contributed by atoms with van der Waals surface area (Å²) in [5.41, 5.74) is 6.73. The van der Waals surface area contributed by atoms with Gasteiger partial charge in [-0.3, -0.25) is 29.1 Å². The Morgan fingerprint density at radius 3 is 2.25 bits per heavy atom. The van der Waals surface area contributed by atoms with Crippen molar-refractivity contribution in [3.63, 3.8) is 0 Å². The first-order valence-electron chi connectivity index (χ1n) is 15.8. The van der Waals surface area contributed by atoms with Crippen LogP contribution in [0.2, 0.25) is 0 Å². The smallest absolute Gasteiger partial charge is 0.257 e. The predicted octanol–water partition coefficient (Wildman–Crippen LogP) is 6.75. The third-order valence-electron chi connectivity index (χ3n) is 8.69. The molecule has 5 aromatic rings. The molecule has 242 valence electrons. The summed E-state index contributed by atoms with van der Waals surface area (Å²) in [4.78, 5) is 57.6. The number of amides is 2. The van der Waals surface area contributed by atoms with Gasteiger partial charge in [0.15, 0.2) is 11.6 Å². The Kier molecular flexibility index (Phi) is 9.40. The van der Waals surface area contributed by atoms with E-state index in [4.69, 9.17) is 4.74 Å². The summed E-state index contributed by atoms with van der Waals surface area (Å²) in [7, 11) is 1.52. The number of hydrogen-bond acceptors (Lipinski definition) is 7. The summed E-state index contributed by atoms with van der Waals surface area (Å²) in [5, 5.41) is 6.63. The van der Waals surface area contributed by atoms with Gasteiger partial charge in [0.2, 0.25) is 0 Å². The van der Waals surface area contributed by atoms with Crippen LogP contribution in [0.1, 0.15) is 72.0 Å². The molecule has 4 aromatic carbocycles. The quantitative estimate of drug-likeness (QED) is 0.162. The Bertz CT molecular complexity index is 2050. The molecule has 1 aliphatic rings. The second-order valence-electron chi connectivity index (χ2n) is 12.0. The van der Waals surface area contributed by atoms with Gasteiger partial charge in [0.25, 0.3) is 11.8 Å². The first-order chi connectivity index (χ1) is 23.2. The highest BCUT2D eigenvalue weighted by Crippen LogP contribution is 2.27. The van der Waals surface area contributed by atoms with Crippen molar-refractivity contribution in [2.75, 3.05) is 30.8 Å². The normalized spacial score (nSPS) is 12.6. The summed E-state index contributed by atoms with van der Waals surface area (Å²) in [5.74, 6) is -0.450. The topological polar surface area (TPSA) is 118 Å². The van der Waals surface area contributed by atoms with Gasteiger partial charge < -0.3 is 15.4 Å². The summed E-state index contributed by atoms with van der Waals surface area (Å²) < 4.78 is 5.35. The van der Waals surface area contributed by atoms with Crippen LogP contribution >= 0.6 is 0 Å². The standard InChI is InChI=1S/C39H36N4O5/c1-24(44)34-19-27-15-17-43(23-30(27)20-35(34)25(2)45)16-14-26-8-10-31(11-9-26)41-39(47)33-13-12-32(48-3)21-37(33)42-38(46)29-18-28-6-4-5-7-36(28)40-22-29/h4-13,18-22H,14-17,23H2,1-3H3,(H,41,47)(H,42,46). The number of anilines is 2. The fourth-order valence-electron chi connectivity index (χ4n) is 6.02. The van der Waals surface area contributed by atoms with E-state index in [-0.39, 0.29) is 23.0 Å². The molecule has 0 atom stereocenters. The van der Waals surface area contributed by atoms with Gasteiger partial charge in [-0.15, -0.1) is 0 Å². The Labute approximate surface area is 278 Å². The molecule has 0 fully saturated rings. The van der Waals surface area contributed by atoms with Crippen molar-refractivity contribution in [2.45, 2.75) is 33.2 Å². The third kappa shape index (κ3) is 7.16. The molecule has 0 radical (unpaired) electrons. The highest BCUT2D eigenvalue weighted by atomic mass is 16.5. The van der Waals surface area contributed by atoms with Gasteiger partial charge in [0.1, 0.15) is 5.75 Å². The largest absolute Gasteiger partial charge is 0.497 e. The van der Waals surface area contributed by atoms with E-state index < -0.39 is 5.91 Å². The number of pyridine rings is 1.